The standard InChI is InChI=1S/C14H15N5O4/c1-8-13(21)16-14(19-17-8)18-15-7-10-4-5-11(23-9(2)20)12(6-10)22-3/h4-7H,1-3H3,(H2,16,18,19,21)/b15-7-. The zero-order chi connectivity index (χ0) is 16.8. The van der Waals surface area contributed by atoms with E-state index in [4.69, 9.17) is 9.47 Å². The lowest BCUT2D eigenvalue weighted by molar-refractivity contribution is -0.132. The number of aryl methyl sites for hydroxylation is 1. The molecule has 2 N–H and O–H groups in total. The Morgan fingerprint density at radius 2 is 2.13 bits per heavy atom. The van der Waals surface area contributed by atoms with Gasteiger partial charge in [0.25, 0.3) is 5.56 Å². The van der Waals surface area contributed by atoms with E-state index in [1.165, 1.54) is 20.2 Å². The van der Waals surface area contributed by atoms with Crippen molar-refractivity contribution in [3.63, 3.8) is 0 Å². The van der Waals surface area contributed by atoms with Gasteiger partial charge in [-0.05, 0) is 30.7 Å². The summed E-state index contributed by atoms with van der Waals surface area (Å²) in [6.07, 6.45) is 1.49. The number of carbonyl (C=O) groups is 1. The summed E-state index contributed by atoms with van der Waals surface area (Å²) in [4.78, 5) is 24.8. The van der Waals surface area contributed by atoms with Crippen molar-refractivity contribution in [1.82, 2.24) is 15.2 Å². The summed E-state index contributed by atoms with van der Waals surface area (Å²) in [7, 11) is 1.47. The van der Waals surface area contributed by atoms with Gasteiger partial charge in [0.15, 0.2) is 11.5 Å². The van der Waals surface area contributed by atoms with Crippen molar-refractivity contribution >= 4 is 18.1 Å². The zero-order valence-corrected chi connectivity index (χ0v) is 12.8. The van der Waals surface area contributed by atoms with Gasteiger partial charge >= 0.3 is 5.97 Å². The number of benzene rings is 1. The molecule has 0 bridgehead atoms. The molecule has 0 spiro atoms. The normalized spacial score (nSPS) is 10.6. The van der Waals surface area contributed by atoms with Crippen LogP contribution >= 0.6 is 0 Å². The highest BCUT2D eigenvalue weighted by atomic mass is 16.6. The van der Waals surface area contributed by atoms with Crippen LogP contribution in [0.3, 0.4) is 0 Å². The van der Waals surface area contributed by atoms with Crippen LogP contribution in [0.4, 0.5) is 5.95 Å². The van der Waals surface area contributed by atoms with E-state index in [1.807, 2.05) is 0 Å². The van der Waals surface area contributed by atoms with E-state index >= 15 is 0 Å². The Kier molecular flexibility index (Phi) is 5.03. The van der Waals surface area contributed by atoms with Crippen molar-refractivity contribution in [3.8, 4) is 11.5 Å². The predicted molar refractivity (Wildman–Crippen MR) is 82.9 cm³/mol. The largest absolute Gasteiger partial charge is 0.493 e. The Labute approximate surface area is 131 Å². The number of H-pyrrole nitrogens is 1. The number of nitrogens with zero attached hydrogens (tertiary/aromatic N) is 3. The lowest BCUT2D eigenvalue weighted by Crippen LogP contribution is -2.15. The summed E-state index contributed by atoms with van der Waals surface area (Å²) in [5.74, 6) is 0.403. The van der Waals surface area contributed by atoms with Crippen molar-refractivity contribution in [2.45, 2.75) is 13.8 Å². The Hall–Kier alpha value is -3.23. The molecule has 9 nitrogen and oxygen atoms in total. The molecule has 0 aliphatic carbocycles. The first-order valence-corrected chi connectivity index (χ1v) is 6.58. The number of carbonyl (C=O) groups excluding carboxylic acids is 1. The van der Waals surface area contributed by atoms with E-state index in [-0.39, 0.29) is 17.2 Å². The molecule has 9 heteroatoms. The smallest absolute Gasteiger partial charge is 0.308 e. The summed E-state index contributed by atoms with van der Waals surface area (Å²) >= 11 is 0. The Bertz CT molecular complexity index is 800. The first-order valence-electron chi connectivity index (χ1n) is 6.58. The number of hydrazone groups is 1. The number of hydrogen-bond acceptors (Lipinski definition) is 8. The van der Waals surface area contributed by atoms with Gasteiger partial charge in [0, 0.05) is 6.92 Å². The van der Waals surface area contributed by atoms with Crippen molar-refractivity contribution in [2.24, 2.45) is 5.10 Å². The Balaban J connectivity index is 2.11. The SMILES string of the molecule is COc1cc(/C=N\Nc2nnc(C)c(=O)[nH]2)ccc1OC(C)=O. The molecule has 1 heterocycles. The van der Waals surface area contributed by atoms with Gasteiger partial charge in [-0.1, -0.05) is 0 Å². The second kappa shape index (κ2) is 7.16. The van der Waals surface area contributed by atoms with Gasteiger partial charge in [-0.25, -0.2) is 5.43 Å². The van der Waals surface area contributed by atoms with Gasteiger partial charge in [0.05, 0.1) is 13.3 Å². The molecule has 120 valence electrons. The highest BCUT2D eigenvalue weighted by Gasteiger charge is 2.07. The second-order valence-corrected chi connectivity index (χ2v) is 4.46. The third-order valence-corrected chi connectivity index (χ3v) is 2.69. The van der Waals surface area contributed by atoms with Gasteiger partial charge in [-0.15, -0.1) is 10.2 Å². The molecule has 0 fully saturated rings. The van der Waals surface area contributed by atoms with Crippen molar-refractivity contribution < 1.29 is 14.3 Å². The van der Waals surface area contributed by atoms with E-state index in [0.717, 1.165) is 0 Å². The number of nitrogens with one attached hydrogen (secondary N) is 2. The number of anilines is 1. The van der Waals surface area contributed by atoms with Gasteiger partial charge < -0.3 is 9.47 Å². The Morgan fingerprint density at radius 3 is 2.78 bits per heavy atom. The number of aromatic amines is 1. The minimum absolute atomic E-state index is 0.125. The summed E-state index contributed by atoms with van der Waals surface area (Å²) in [5.41, 5.74) is 3.17. The van der Waals surface area contributed by atoms with Crippen LogP contribution in [-0.2, 0) is 4.79 Å². The number of aromatic nitrogens is 3. The number of hydrogen-bond donors (Lipinski definition) is 2. The fourth-order valence-electron chi connectivity index (χ4n) is 1.62. The highest BCUT2D eigenvalue weighted by Crippen LogP contribution is 2.27. The van der Waals surface area contributed by atoms with Gasteiger partial charge in [-0.2, -0.15) is 5.10 Å². The molecule has 0 aliphatic heterocycles. The molecule has 0 radical (unpaired) electrons. The van der Waals surface area contributed by atoms with E-state index in [1.54, 1.807) is 25.1 Å². The van der Waals surface area contributed by atoms with Crippen LogP contribution in [0.5, 0.6) is 11.5 Å². The second-order valence-electron chi connectivity index (χ2n) is 4.46. The number of methoxy groups -OCH3 is 1. The molecule has 0 unspecified atom stereocenters. The average molecular weight is 317 g/mol. The van der Waals surface area contributed by atoms with Gasteiger partial charge in [0.2, 0.25) is 5.95 Å². The fraction of sp³-hybridized carbons (Fsp3) is 0.214. The first kappa shape index (κ1) is 16.1. The zero-order valence-electron chi connectivity index (χ0n) is 12.8. The summed E-state index contributed by atoms with van der Waals surface area (Å²) in [6.45, 7) is 2.86. The third-order valence-electron chi connectivity index (χ3n) is 2.69. The molecule has 2 rings (SSSR count). The van der Waals surface area contributed by atoms with Crippen LogP contribution in [-0.4, -0.2) is 34.5 Å². The molecular formula is C14H15N5O4. The molecule has 0 saturated carbocycles. The lowest BCUT2D eigenvalue weighted by Gasteiger charge is -2.08. The van der Waals surface area contributed by atoms with Crippen LogP contribution < -0.4 is 20.5 Å². The van der Waals surface area contributed by atoms with E-state index in [9.17, 15) is 9.59 Å². The molecule has 0 amide bonds. The molecule has 1 aromatic carbocycles. The third kappa shape index (κ3) is 4.37. The van der Waals surface area contributed by atoms with Gasteiger partial charge in [0.1, 0.15) is 5.69 Å². The van der Waals surface area contributed by atoms with Crippen LogP contribution in [0.1, 0.15) is 18.2 Å². The first-order chi connectivity index (χ1) is 11.0. The number of esters is 1. The lowest BCUT2D eigenvalue weighted by atomic mass is 10.2. The molecule has 0 aliphatic rings. The van der Waals surface area contributed by atoms with Crippen LogP contribution in [0, 0.1) is 6.92 Å². The van der Waals surface area contributed by atoms with Crippen molar-refractivity contribution in [1.29, 1.82) is 0 Å². The van der Waals surface area contributed by atoms with Crippen LogP contribution in [0.15, 0.2) is 28.1 Å². The van der Waals surface area contributed by atoms with E-state index in [0.29, 0.717) is 17.1 Å². The summed E-state index contributed by atoms with van der Waals surface area (Å²) < 4.78 is 10.2. The predicted octanol–water partition coefficient (Wildman–Crippen LogP) is 0.853. The Morgan fingerprint density at radius 1 is 1.35 bits per heavy atom. The molecule has 2 aromatic rings. The molecular weight excluding hydrogens is 302 g/mol. The monoisotopic (exact) mass is 317 g/mol. The topological polar surface area (TPSA) is 119 Å². The maximum absolute atomic E-state index is 11.4. The molecule has 0 atom stereocenters. The quantitative estimate of drug-likeness (QED) is 0.363. The summed E-state index contributed by atoms with van der Waals surface area (Å²) in [5, 5.41) is 11.3. The van der Waals surface area contributed by atoms with Crippen LogP contribution in [0.2, 0.25) is 0 Å². The van der Waals surface area contributed by atoms with E-state index in [2.05, 4.69) is 25.7 Å². The minimum Gasteiger partial charge on any atom is -0.493 e. The van der Waals surface area contributed by atoms with Crippen LogP contribution in [0.25, 0.3) is 0 Å². The van der Waals surface area contributed by atoms with Gasteiger partial charge in [-0.3, -0.25) is 14.6 Å². The average Bonchev–Trinajstić information content (AvgIpc) is 2.51. The fourth-order valence-corrected chi connectivity index (χ4v) is 1.62. The van der Waals surface area contributed by atoms with Crippen molar-refractivity contribution in [3.05, 3.63) is 39.8 Å². The maximum atomic E-state index is 11.4. The number of ether oxygens (including phenoxy) is 2. The van der Waals surface area contributed by atoms with Crippen molar-refractivity contribution in [2.75, 3.05) is 12.5 Å². The van der Waals surface area contributed by atoms with E-state index < -0.39 is 5.97 Å². The maximum Gasteiger partial charge on any atom is 0.308 e. The molecule has 0 saturated heterocycles. The minimum atomic E-state index is -0.437. The number of rotatable bonds is 5. The molecule has 1 aromatic heterocycles. The highest BCUT2D eigenvalue weighted by molar-refractivity contribution is 5.81. The summed E-state index contributed by atoms with van der Waals surface area (Å²) in [6, 6.07) is 4.93. The molecule has 23 heavy (non-hydrogen) atoms.